The molecule has 0 radical (unpaired) electrons. The van der Waals surface area contributed by atoms with Gasteiger partial charge >= 0.3 is 0 Å². The molecule has 126 valence electrons. The maximum Gasteiger partial charge on any atom is 0.223 e. The maximum absolute atomic E-state index is 12.5. The monoisotopic (exact) mass is 326 g/mol. The van der Waals surface area contributed by atoms with Gasteiger partial charge < -0.3 is 10.6 Å². The van der Waals surface area contributed by atoms with Gasteiger partial charge in [0.2, 0.25) is 5.91 Å². The van der Waals surface area contributed by atoms with Crippen LogP contribution in [0.25, 0.3) is 0 Å². The van der Waals surface area contributed by atoms with E-state index in [1.54, 1.807) is 0 Å². The van der Waals surface area contributed by atoms with Crippen molar-refractivity contribution in [1.82, 2.24) is 4.90 Å². The lowest BCUT2D eigenvalue weighted by molar-refractivity contribution is -0.132. The van der Waals surface area contributed by atoms with Crippen molar-refractivity contribution < 1.29 is 4.79 Å². The van der Waals surface area contributed by atoms with E-state index >= 15 is 0 Å². The largest absolute Gasteiger partial charge is 0.338 e. The van der Waals surface area contributed by atoms with Crippen LogP contribution in [0, 0.1) is 11.8 Å². The minimum Gasteiger partial charge on any atom is -0.338 e. The van der Waals surface area contributed by atoms with Crippen LogP contribution in [0.1, 0.15) is 45.6 Å². The van der Waals surface area contributed by atoms with E-state index in [-0.39, 0.29) is 18.3 Å². The number of halogens is 1. The third kappa shape index (κ3) is 8.40. The Bertz CT molecular complexity index is 409. The fraction of sp³-hybridized carbons (Fsp3) is 0.611. The number of rotatable bonds is 9. The smallest absolute Gasteiger partial charge is 0.223 e. The summed E-state index contributed by atoms with van der Waals surface area (Å²) in [5.74, 6) is 1.33. The van der Waals surface area contributed by atoms with Crippen molar-refractivity contribution in [3.8, 4) is 0 Å². The number of nitrogens with zero attached hydrogens (tertiary/aromatic N) is 1. The molecule has 3 nitrogen and oxygen atoms in total. The molecule has 0 aliphatic carbocycles. The Kier molecular flexibility index (Phi) is 10.9. The second-order valence-electron chi connectivity index (χ2n) is 6.38. The van der Waals surface area contributed by atoms with Crippen LogP contribution in [0.2, 0.25) is 0 Å². The standard InChI is InChI=1S/C18H30N2O.ClH/c1-15(2)12-16(3)13-18(21)20(11-7-10-19)14-17-8-5-4-6-9-17;/h4-6,8-9,15-16H,7,10-14,19H2,1-3H3;1H. The summed E-state index contributed by atoms with van der Waals surface area (Å²) in [5.41, 5.74) is 6.78. The Balaban J connectivity index is 0.00000441. The summed E-state index contributed by atoms with van der Waals surface area (Å²) in [6, 6.07) is 10.2. The van der Waals surface area contributed by atoms with E-state index in [4.69, 9.17) is 5.73 Å². The summed E-state index contributed by atoms with van der Waals surface area (Å²) < 4.78 is 0. The molecule has 0 aromatic heterocycles. The van der Waals surface area contributed by atoms with E-state index in [2.05, 4.69) is 32.9 Å². The molecule has 0 spiro atoms. The Morgan fingerprint density at radius 1 is 1.18 bits per heavy atom. The molecule has 0 saturated carbocycles. The number of amides is 1. The van der Waals surface area contributed by atoms with E-state index in [1.165, 1.54) is 5.56 Å². The highest BCUT2D eigenvalue weighted by Gasteiger charge is 2.17. The van der Waals surface area contributed by atoms with Crippen LogP contribution >= 0.6 is 12.4 Å². The predicted octanol–water partition coefficient (Wildman–Crippen LogP) is 3.86. The van der Waals surface area contributed by atoms with E-state index < -0.39 is 0 Å². The third-order valence-corrected chi connectivity index (χ3v) is 3.60. The molecule has 1 aromatic rings. The van der Waals surface area contributed by atoms with Gasteiger partial charge in [-0.2, -0.15) is 0 Å². The minimum atomic E-state index is 0. The summed E-state index contributed by atoms with van der Waals surface area (Å²) in [4.78, 5) is 14.5. The number of hydrogen-bond donors (Lipinski definition) is 1. The molecule has 1 rings (SSSR count). The molecule has 4 heteroatoms. The second kappa shape index (κ2) is 11.5. The van der Waals surface area contributed by atoms with Crippen LogP contribution in [0.5, 0.6) is 0 Å². The summed E-state index contributed by atoms with van der Waals surface area (Å²) in [6.45, 7) is 8.64. The van der Waals surface area contributed by atoms with Gasteiger partial charge in [-0.1, -0.05) is 51.1 Å². The van der Waals surface area contributed by atoms with Gasteiger partial charge in [-0.3, -0.25) is 4.79 Å². The Hall–Kier alpha value is -1.06. The summed E-state index contributed by atoms with van der Waals surface area (Å²) in [7, 11) is 0. The SMILES string of the molecule is CC(C)CC(C)CC(=O)N(CCCN)Cc1ccccc1.Cl. The first kappa shape index (κ1) is 20.9. The fourth-order valence-electron chi connectivity index (χ4n) is 2.69. The van der Waals surface area contributed by atoms with Crippen molar-refractivity contribution in [3.05, 3.63) is 35.9 Å². The molecular weight excluding hydrogens is 296 g/mol. The molecule has 1 aromatic carbocycles. The Labute approximate surface area is 141 Å². The molecule has 0 bridgehead atoms. The molecule has 1 atom stereocenters. The maximum atomic E-state index is 12.5. The number of benzene rings is 1. The van der Waals surface area contributed by atoms with Gasteiger partial charge in [-0.15, -0.1) is 12.4 Å². The number of hydrogen-bond acceptors (Lipinski definition) is 2. The highest BCUT2D eigenvalue weighted by Crippen LogP contribution is 2.17. The lowest BCUT2D eigenvalue weighted by atomic mass is 9.95. The van der Waals surface area contributed by atoms with Gasteiger partial charge in [-0.25, -0.2) is 0 Å². The molecule has 22 heavy (non-hydrogen) atoms. The molecule has 0 saturated heterocycles. The van der Waals surface area contributed by atoms with E-state index in [1.807, 2.05) is 23.1 Å². The molecular formula is C18H31ClN2O. The number of nitrogens with two attached hydrogens (primary N) is 1. The van der Waals surface area contributed by atoms with Crippen LogP contribution < -0.4 is 5.73 Å². The Morgan fingerprint density at radius 2 is 1.82 bits per heavy atom. The normalized spacial score (nSPS) is 11.9. The van der Waals surface area contributed by atoms with Crippen LogP contribution in [-0.2, 0) is 11.3 Å². The van der Waals surface area contributed by atoms with Crippen molar-refractivity contribution in [3.63, 3.8) is 0 Å². The zero-order valence-electron chi connectivity index (χ0n) is 14.1. The average Bonchev–Trinajstić information content (AvgIpc) is 2.43. The lowest BCUT2D eigenvalue weighted by Crippen LogP contribution is -2.33. The highest BCUT2D eigenvalue weighted by atomic mass is 35.5. The molecule has 1 amide bonds. The molecule has 0 heterocycles. The van der Waals surface area contributed by atoms with Crippen molar-refractivity contribution in [2.75, 3.05) is 13.1 Å². The van der Waals surface area contributed by atoms with Crippen molar-refractivity contribution in [2.24, 2.45) is 17.6 Å². The topological polar surface area (TPSA) is 46.3 Å². The third-order valence-electron chi connectivity index (χ3n) is 3.60. The molecule has 0 aliphatic rings. The number of carbonyl (C=O) groups is 1. The molecule has 2 N–H and O–H groups in total. The average molecular weight is 327 g/mol. The van der Waals surface area contributed by atoms with Gasteiger partial charge in [0.25, 0.3) is 0 Å². The molecule has 0 fully saturated rings. The van der Waals surface area contributed by atoms with Gasteiger partial charge in [0.1, 0.15) is 0 Å². The molecule has 0 aliphatic heterocycles. The zero-order valence-corrected chi connectivity index (χ0v) is 14.9. The van der Waals surface area contributed by atoms with Gasteiger partial charge in [0.05, 0.1) is 0 Å². The summed E-state index contributed by atoms with van der Waals surface area (Å²) >= 11 is 0. The van der Waals surface area contributed by atoms with Crippen molar-refractivity contribution >= 4 is 18.3 Å². The summed E-state index contributed by atoms with van der Waals surface area (Å²) in [5, 5.41) is 0. The second-order valence-corrected chi connectivity index (χ2v) is 6.38. The van der Waals surface area contributed by atoms with Gasteiger partial charge in [0.15, 0.2) is 0 Å². The first-order chi connectivity index (χ1) is 10.0. The van der Waals surface area contributed by atoms with Crippen LogP contribution in [-0.4, -0.2) is 23.9 Å². The van der Waals surface area contributed by atoms with Gasteiger partial charge in [0, 0.05) is 19.5 Å². The van der Waals surface area contributed by atoms with Crippen LogP contribution in [0.3, 0.4) is 0 Å². The van der Waals surface area contributed by atoms with Gasteiger partial charge in [-0.05, 0) is 36.8 Å². The summed E-state index contributed by atoms with van der Waals surface area (Å²) in [6.07, 6.45) is 2.59. The predicted molar refractivity (Wildman–Crippen MR) is 96.0 cm³/mol. The Morgan fingerprint density at radius 3 is 2.36 bits per heavy atom. The number of carbonyl (C=O) groups excluding carboxylic acids is 1. The first-order valence-corrected chi connectivity index (χ1v) is 8.04. The van der Waals surface area contributed by atoms with Crippen molar-refractivity contribution in [2.45, 2.75) is 46.6 Å². The molecule has 1 unspecified atom stereocenters. The fourth-order valence-corrected chi connectivity index (χ4v) is 2.69. The van der Waals surface area contributed by atoms with E-state index in [9.17, 15) is 4.79 Å². The van der Waals surface area contributed by atoms with E-state index in [0.717, 1.165) is 19.4 Å². The van der Waals surface area contributed by atoms with Crippen LogP contribution in [0.4, 0.5) is 0 Å². The van der Waals surface area contributed by atoms with Crippen molar-refractivity contribution in [1.29, 1.82) is 0 Å². The minimum absolute atomic E-state index is 0. The van der Waals surface area contributed by atoms with Crippen LogP contribution in [0.15, 0.2) is 30.3 Å². The quantitative estimate of drug-likeness (QED) is 0.749. The lowest BCUT2D eigenvalue weighted by Gasteiger charge is -2.25. The zero-order chi connectivity index (χ0) is 15.7. The highest BCUT2D eigenvalue weighted by molar-refractivity contribution is 5.85. The first-order valence-electron chi connectivity index (χ1n) is 8.04. The van der Waals surface area contributed by atoms with E-state index in [0.29, 0.717) is 31.3 Å².